The Morgan fingerprint density at radius 2 is 2.46 bits per heavy atom. The molecule has 0 aromatic rings. The first kappa shape index (κ1) is 10.2. The maximum Gasteiger partial charge on any atom is 0.152 e. The van der Waals surface area contributed by atoms with Crippen molar-refractivity contribution in [2.45, 2.75) is 20.3 Å². The van der Waals surface area contributed by atoms with E-state index in [-0.39, 0.29) is 5.78 Å². The summed E-state index contributed by atoms with van der Waals surface area (Å²) in [5.41, 5.74) is 1.11. The van der Waals surface area contributed by atoms with E-state index in [2.05, 4.69) is 19.1 Å². The molecule has 72 valence electrons. The summed E-state index contributed by atoms with van der Waals surface area (Å²) in [7, 11) is 0. The van der Waals surface area contributed by atoms with Crippen molar-refractivity contribution in [1.82, 2.24) is 0 Å². The highest BCUT2D eigenvalue weighted by Crippen LogP contribution is 2.21. The molecule has 1 aliphatic heterocycles. The fourth-order valence-electron chi connectivity index (χ4n) is 1.41. The lowest BCUT2D eigenvalue weighted by atomic mass is 10.0. The van der Waals surface area contributed by atoms with Crippen LogP contribution < -0.4 is 0 Å². The predicted molar refractivity (Wildman–Crippen MR) is 52.5 cm³/mol. The van der Waals surface area contributed by atoms with Gasteiger partial charge in [-0.25, -0.2) is 0 Å². The molecule has 13 heavy (non-hydrogen) atoms. The van der Waals surface area contributed by atoms with Crippen LogP contribution in [0, 0.1) is 5.92 Å². The first-order valence-electron chi connectivity index (χ1n) is 4.69. The highest BCUT2D eigenvalue weighted by atomic mass is 16.5. The van der Waals surface area contributed by atoms with Crippen LogP contribution in [-0.2, 0) is 9.53 Å². The largest absolute Gasteiger partial charge is 0.376 e. The molecule has 1 saturated heterocycles. The summed E-state index contributed by atoms with van der Waals surface area (Å²) in [6.07, 6.45) is 6.97. The fourth-order valence-corrected chi connectivity index (χ4v) is 1.41. The normalized spacial score (nSPS) is 26.0. The Bertz CT molecular complexity index is 238. The minimum atomic E-state index is 0.107. The van der Waals surface area contributed by atoms with Crippen LogP contribution in [0.1, 0.15) is 20.3 Å². The summed E-state index contributed by atoms with van der Waals surface area (Å²) in [6, 6.07) is 0. The van der Waals surface area contributed by atoms with E-state index in [9.17, 15) is 4.79 Å². The van der Waals surface area contributed by atoms with E-state index in [1.165, 1.54) is 0 Å². The molecule has 0 aromatic carbocycles. The molecule has 2 nitrogen and oxygen atoms in total. The molecule has 1 heterocycles. The highest BCUT2D eigenvalue weighted by molar-refractivity contribution is 5.88. The van der Waals surface area contributed by atoms with Crippen LogP contribution in [-0.4, -0.2) is 19.0 Å². The van der Waals surface area contributed by atoms with Crippen LogP contribution in [0.5, 0.6) is 0 Å². The topological polar surface area (TPSA) is 26.3 Å². The van der Waals surface area contributed by atoms with Gasteiger partial charge in [0.25, 0.3) is 0 Å². The summed E-state index contributed by atoms with van der Waals surface area (Å²) in [5.74, 6) is 0.430. The third-order valence-electron chi connectivity index (χ3n) is 2.04. The number of rotatable bonds is 3. The quantitative estimate of drug-likeness (QED) is 0.491. The van der Waals surface area contributed by atoms with E-state index in [0.717, 1.165) is 18.6 Å². The maximum absolute atomic E-state index is 10.9. The zero-order chi connectivity index (χ0) is 9.68. The van der Waals surface area contributed by atoms with E-state index in [1.54, 1.807) is 13.0 Å². The van der Waals surface area contributed by atoms with E-state index < -0.39 is 0 Å². The van der Waals surface area contributed by atoms with Gasteiger partial charge in [-0.2, -0.15) is 0 Å². The zero-order valence-corrected chi connectivity index (χ0v) is 8.25. The van der Waals surface area contributed by atoms with Gasteiger partial charge in [-0.3, -0.25) is 4.79 Å². The smallest absolute Gasteiger partial charge is 0.152 e. The molecule has 0 aromatic heterocycles. The molecule has 0 amide bonds. The predicted octanol–water partition coefficient (Wildman–Crippen LogP) is 2.11. The van der Waals surface area contributed by atoms with Crippen LogP contribution in [0.3, 0.4) is 0 Å². The number of hydrogen-bond donors (Lipinski definition) is 0. The van der Waals surface area contributed by atoms with Crippen molar-refractivity contribution in [1.29, 1.82) is 0 Å². The lowest BCUT2D eigenvalue weighted by Crippen LogP contribution is -1.99. The molecule has 0 saturated carbocycles. The lowest BCUT2D eigenvalue weighted by Gasteiger charge is -2.01. The number of ketones is 1. The Morgan fingerprint density at radius 3 is 3.08 bits per heavy atom. The average molecular weight is 180 g/mol. The Morgan fingerprint density at radius 1 is 1.69 bits per heavy atom. The molecule has 0 aliphatic carbocycles. The number of carbonyl (C=O) groups is 1. The molecule has 1 rings (SSSR count). The van der Waals surface area contributed by atoms with Gasteiger partial charge in [0.15, 0.2) is 5.78 Å². The molecule has 0 bridgehead atoms. The average Bonchev–Trinajstić information content (AvgIpc) is 2.48. The molecular formula is C11H16O2. The van der Waals surface area contributed by atoms with Gasteiger partial charge in [-0.05, 0) is 25.0 Å². The number of allylic oxidation sites excluding steroid dienone is 2. The minimum Gasteiger partial charge on any atom is -0.376 e. The summed E-state index contributed by atoms with van der Waals surface area (Å²) < 4.78 is 5.30. The molecule has 1 unspecified atom stereocenters. The molecule has 1 aliphatic rings. The van der Waals surface area contributed by atoms with E-state index >= 15 is 0 Å². The summed E-state index contributed by atoms with van der Waals surface area (Å²) in [4.78, 5) is 10.9. The van der Waals surface area contributed by atoms with Crippen LogP contribution in [0.25, 0.3) is 0 Å². The third-order valence-corrected chi connectivity index (χ3v) is 2.04. The Kier molecular flexibility index (Phi) is 3.90. The van der Waals surface area contributed by atoms with Crippen molar-refractivity contribution in [2.75, 3.05) is 13.2 Å². The monoisotopic (exact) mass is 180 g/mol. The van der Waals surface area contributed by atoms with Gasteiger partial charge in [-0.1, -0.05) is 19.1 Å². The van der Waals surface area contributed by atoms with Crippen molar-refractivity contribution < 1.29 is 9.53 Å². The van der Waals surface area contributed by atoms with Gasteiger partial charge < -0.3 is 4.74 Å². The van der Waals surface area contributed by atoms with E-state index in [0.29, 0.717) is 12.5 Å². The van der Waals surface area contributed by atoms with Crippen LogP contribution in [0.15, 0.2) is 23.8 Å². The Balaban J connectivity index is 2.63. The molecule has 0 N–H and O–H groups in total. The summed E-state index contributed by atoms with van der Waals surface area (Å²) in [6.45, 7) is 5.00. The molecule has 1 atom stereocenters. The lowest BCUT2D eigenvalue weighted by molar-refractivity contribution is -0.112. The molecule has 0 spiro atoms. The number of ether oxygens (including phenoxy) is 1. The van der Waals surface area contributed by atoms with Crippen molar-refractivity contribution in [3.8, 4) is 0 Å². The van der Waals surface area contributed by atoms with Crippen LogP contribution in [0.4, 0.5) is 0 Å². The van der Waals surface area contributed by atoms with Crippen molar-refractivity contribution in [3.63, 3.8) is 0 Å². The second kappa shape index (κ2) is 4.97. The third kappa shape index (κ3) is 3.15. The summed E-state index contributed by atoms with van der Waals surface area (Å²) >= 11 is 0. The zero-order valence-electron chi connectivity index (χ0n) is 8.25. The van der Waals surface area contributed by atoms with Gasteiger partial charge in [0.05, 0.1) is 13.2 Å². The number of carbonyl (C=O) groups excluding carboxylic acids is 1. The van der Waals surface area contributed by atoms with Gasteiger partial charge >= 0.3 is 0 Å². The first-order valence-corrected chi connectivity index (χ1v) is 4.69. The molecule has 1 fully saturated rings. The Labute approximate surface area is 79.3 Å². The molecular weight excluding hydrogens is 164 g/mol. The standard InChI is InChI=1S/C11H16O2/c1-3-4-5-10-7-13-8-11(10)6-9(2)12/h4-6,10H,3,7-8H2,1-2H3/b5-4+,11-6+. The summed E-state index contributed by atoms with van der Waals surface area (Å²) in [5, 5.41) is 0. The van der Waals surface area contributed by atoms with Gasteiger partial charge in [-0.15, -0.1) is 0 Å². The van der Waals surface area contributed by atoms with E-state index in [4.69, 9.17) is 4.74 Å². The van der Waals surface area contributed by atoms with Gasteiger partial charge in [0.1, 0.15) is 0 Å². The van der Waals surface area contributed by atoms with Crippen molar-refractivity contribution >= 4 is 5.78 Å². The van der Waals surface area contributed by atoms with Gasteiger partial charge in [0, 0.05) is 5.92 Å². The number of hydrogen-bond acceptors (Lipinski definition) is 2. The fraction of sp³-hybridized carbons (Fsp3) is 0.545. The molecule has 2 heteroatoms. The van der Waals surface area contributed by atoms with E-state index in [1.807, 2.05) is 0 Å². The second-order valence-corrected chi connectivity index (χ2v) is 3.29. The van der Waals surface area contributed by atoms with Crippen LogP contribution in [0.2, 0.25) is 0 Å². The van der Waals surface area contributed by atoms with Crippen molar-refractivity contribution in [3.05, 3.63) is 23.8 Å². The SMILES string of the molecule is CC/C=C/C1COC/C1=C\C(C)=O. The minimum absolute atomic E-state index is 0.107. The highest BCUT2D eigenvalue weighted by Gasteiger charge is 2.18. The molecule has 0 radical (unpaired) electrons. The first-order chi connectivity index (χ1) is 6.24. The van der Waals surface area contributed by atoms with Crippen LogP contribution >= 0.6 is 0 Å². The van der Waals surface area contributed by atoms with Gasteiger partial charge in [0.2, 0.25) is 0 Å². The second-order valence-electron chi connectivity index (χ2n) is 3.29. The van der Waals surface area contributed by atoms with Crippen molar-refractivity contribution in [2.24, 2.45) is 5.92 Å². The maximum atomic E-state index is 10.9. The Hall–Kier alpha value is -0.890.